The summed E-state index contributed by atoms with van der Waals surface area (Å²) >= 11 is 3.19. The molecule has 0 amide bonds. The minimum absolute atomic E-state index is 0.166. The van der Waals surface area contributed by atoms with Gasteiger partial charge in [0.1, 0.15) is 6.61 Å². The number of esters is 1. The molecular weight excluding hydrogens is 334 g/mol. The van der Waals surface area contributed by atoms with Crippen molar-refractivity contribution in [3.63, 3.8) is 0 Å². The van der Waals surface area contributed by atoms with Crippen LogP contribution in [0.2, 0.25) is 0 Å². The van der Waals surface area contributed by atoms with Gasteiger partial charge in [0.15, 0.2) is 9.84 Å². The molecule has 0 saturated heterocycles. The number of hydrogen-bond donors (Lipinski definition) is 1. The zero-order valence-electron chi connectivity index (χ0n) is 10.7. The van der Waals surface area contributed by atoms with Crippen molar-refractivity contribution >= 4 is 37.4 Å². The molecule has 106 valence electrons. The van der Waals surface area contributed by atoms with E-state index in [4.69, 9.17) is 10.5 Å². The summed E-state index contributed by atoms with van der Waals surface area (Å²) in [7, 11) is -3.21. The van der Waals surface area contributed by atoms with Crippen LogP contribution >= 0.6 is 15.9 Å². The number of rotatable bonds is 5. The lowest BCUT2D eigenvalue weighted by molar-refractivity contribution is 0.0528. The van der Waals surface area contributed by atoms with E-state index in [1.807, 2.05) is 0 Å². The van der Waals surface area contributed by atoms with Crippen molar-refractivity contribution in [2.75, 3.05) is 18.1 Å². The Hall–Kier alpha value is -1.08. The highest BCUT2D eigenvalue weighted by Gasteiger charge is 2.18. The monoisotopic (exact) mass is 349 g/mol. The van der Waals surface area contributed by atoms with Gasteiger partial charge in [0.25, 0.3) is 0 Å². The van der Waals surface area contributed by atoms with Gasteiger partial charge in [-0.05, 0) is 41.9 Å². The van der Waals surface area contributed by atoms with Crippen molar-refractivity contribution in [1.82, 2.24) is 0 Å². The molecule has 5 nitrogen and oxygen atoms in total. The number of sulfone groups is 1. The quantitative estimate of drug-likeness (QED) is 0.648. The van der Waals surface area contributed by atoms with Gasteiger partial charge in [-0.2, -0.15) is 0 Å². The van der Waals surface area contributed by atoms with Crippen molar-refractivity contribution in [2.24, 2.45) is 0 Å². The minimum atomic E-state index is -3.21. The molecular formula is C12H16BrNO4S. The van der Waals surface area contributed by atoms with Crippen LogP contribution in [-0.2, 0) is 14.6 Å². The number of nitrogen functional groups attached to an aromatic ring is 1. The van der Waals surface area contributed by atoms with Crippen molar-refractivity contribution in [3.8, 4) is 0 Å². The molecule has 0 spiro atoms. The van der Waals surface area contributed by atoms with Gasteiger partial charge in [0.2, 0.25) is 0 Å². The first-order chi connectivity index (χ1) is 8.75. The maximum absolute atomic E-state index is 11.8. The molecule has 2 N–H and O–H groups in total. The largest absolute Gasteiger partial charge is 0.461 e. The predicted octanol–water partition coefficient (Wildman–Crippen LogP) is 2.01. The van der Waals surface area contributed by atoms with E-state index in [0.29, 0.717) is 10.2 Å². The lowest BCUT2D eigenvalue weighted by Gasteiger charge is -2.09. The van der Waals surface area contributed by atoms with Gasteiger partial charge >= 0.3 is 5.97 Å². The predicted molar refractivity (Wildman–Crippen MR) is 77.8 cm³/mol. The van der Waals surface area contributed by atoms with E-state index in [0.717, 1.165) is 0 Å². The van der Waals surface area contributed by atoms with E-state index in [1.165, 1.54) is 0 Å². The Labute approximate surface area is 121 Å². The first-order valence-electron chi connectivity index (χ1n) is 5.68. The van der Waals surface area contributed by atoms with Crippen molar-refractivity contribution in [3.05, 3.63) is 28.2 Å². The van der Waals surface area contributed by atoms with Crippen LogP contribution < -0.4 is 5.73 Å². The summed E-state index contributed by atoms with van der Waals surface area (Å²) < 4.78 is 28.5. The smallest absolute Gasteiger partial charge is 0.339 e. The van der Waals surface area contributed by atoms with Crippen LogP contribution in [0.4, 0.5) is 5.69 Å². The summed E-state index contributed by atoms with van der Waals surface area (Å²) in [5, 5.41) is -0.481. The maximum atomic E-state index is 11.8. The first kappa shape index (κ1) is 16.0. The van der Waals surface area contributed by atoms with E-state index in [-0.39, 0.29) is 17.9 Å². The molecule has 1 aromatic carbocycles. The standard InChI is InChI=1S/C12H16BrNO4S/c1-8(2)19(16,17)7-6-18-12(15)9-4-3-5-10(14)11(9)13/h3-5,8H,6-7,14H2,1-2H3. The minimum Gasteiger partial charge on any atom is -0.461 e. The third-order valence-electron chi connectivity index (χ3n) is 2.57. The number of nitrogens with two attached hydrogens (primary N) is 1. The number of hydrogen-bond acceptors (Lipinski definition) is 5. The fourth-order valence-electron chi connectivity index (χ4n) is 1.27. The first-order valence-corrected chi connectivity index (χ1v) is 8.19. The normalized spacial score (nSPS) is 11.6. The van der Waals surface area contributed by atoms with Crippen LogP contribution in [0.25, 0.3) is 0 Å². The molecule has 0 bridgehead atoms. The summed E-state index contributed by atoms with van der Waals surface area (Å²) in [6.07, 6.45) is 0. The summed E-state index contributed by atoms with van der Waals surface area (Å²) in [6, 6.07) is 4.82. The van der Waals surface area contributed by atoms with Crippen LogP contribution in [0.3, 0.4) is 0 Å². The fourth-order valence-corrected chi connectivity index (χ4v) is 2.48. The number of halogens is 1. The average Bonchev–Trinajstić information content (AvgIpc) is 2.32. The van der Waals surface area contributed by atoms with Crippen LogP contribution in [0, 0.1) is 0 Å². The summed E-state index contributed by atoms with van der Waals surface area (Å²) in [5.74, 6) is -0.783. The Morgan fingerprint density at radius 3 is 2.63 bits per heavy atom. The molecule has 7 heteroatoms. The summed E-state index contributed by atoms with van der Waals surface area (Å²) in [4.78, 5) is 11.8. The summed E-state index contributed by atoms with van der Waals surface area (Å²) in [5.41, 5.74) is 6.35. The molecule has 0 saturated carbocycles. The second kappa shape index (κ2) is 6.38. The third-order valence-corrected chi connectivity index (χ3v) is 5.62. The fraction of sp³-hybridized carbons (Fsp3) is 0.417. The number of carbonyl (C=O) groups excluding carboxylic acids is 1. The molecule has 0 aliphatic rings. The second-order valence-electron chi connectivity index (χ2n) is 4.26. The molecule has 0 radical (unpaired) electrons. The lowest BCUT2D eigenvalue weighted by Crippen LogP contribution is -2.22. The van der Waals surface area contributed by atoms with E-state index in [2.05, 4.69) is 15.9 Å². The highest BCUT2D eigenvalue weighted by molar-refractivity contribution is 9.10. The second-order valence-corrected chi connectivity index (χ2v) is 7.73. The highest BCUT2D eigenvalue weighted by Crippen LogP contribution is 2.24. The molecule has 1 aromatic rings. The van der Waals surface area contributed by atoms with Crippen molar-refractivity contribution in [1.29, 1.82) is 0 Å². The van der Waals surface area contributed by atoms with E-state index < -0.39 is 21.1 Å². The number of anilines is 1. The molecule has 0 aromatic heterocycles. The van der Waals surface area contributed by atoms with E-state index >= 15 is 0 Å². The van der Waals surface area contributed by atoms with Crippen LogP contribution in [0.15, 0.2) is 22.7 Å². The van der Waals surface area contributed by atoms with Gasteiger partial charge in [0, 0.05) is 5.69 Å². The zero-order valence-corrected chi connectivity index (χ0v) is 13.1. The Morgan fingerprint density at radius 1 is 1.42 bits per heavy atom. The van der Waals surface area contributed by atoms with E-state index in [9.17, 15) is 13.2 Å². The van der Waals surface area contributed by atoms with Crippen LogP contribution in [0.1, 0.15) is 24.2 Å². The molecule has 0 heterocycles. The molecule has 0 unspecified atom stereocenters. The van der Waals surface area contributed by atoms with Gasteiger partial charge in [-0.1, -0.05) is 6.07 Å². The topological polar surface area (TPSA) is 86.5 Å². The van der Waals surface area contributed by atoms with Gasteiger partial charge < -0.3 is 10.5 Å². The van der Waals surface area contributed by atoms with Gasteiger partial charge in [0.05, 0.1) is 21.0 Å². The summed E-state index contributed by atoms with van der Waals surface area (Å²) in [6.45, 7) is 3.01. The number of carbonyl (C=O) groups is 1. The molecule has 0 atom stereocenters. The van der Waals surface area contributed by atoms with Gasteiger partial charge in [-0.15, -0.1) is 0 Å². The van der Waals surface area contributed by atoms with Gasteiger partial charge in [-0.25, -0.2) is 13.2 Å². The van der Waals surface area contributed by atoms with E-state index in [1.54, 1.807) is 32.0 Å². The van der Waals surface area contributed by atoms with Crippen molar-refractivity contribution < 1.29 is 17.9 Å². The molecule has 0 aliphatic carbocycles. The van der Waals surface area contributed by atoms with Gasteiger partial charge in [-0.3, -0.25) is 0 Å². The molecule has 0 fully saturated rings. The highest BCUT2D eigenvalue weighted by atomic mass is 79.9. The lowest BCUT2D eigenvalue weighted by atomic mass is 10.2. The maximum Gasteiger partial charge on any atom is 0.339 e. The number of ether oxygens (including phenoxy) is 1. The zero-order chi connectivity index (χ0) is 14.6. The number of benzene rings is 1. The Balaban J connectivity index is 2.65. The Kier molecular flexibility index (Phi) is 5.37. The Bertz CT molecular complexity index is 569. The van der Waals surface area contributed by atoms with Crippen molar-refractivity contribution in [2.45, 2.75) is 19.1 Å². The molecule has 19 heavy (non-hydrogen) atoms. The third kappa shape index (κ3) is 4.21. The van der Waals surface area contributed by atoms with Crippen LogP contribution in [0.5, 0.6) is 0 Å². The molecule has 0 aliphatic heterocycles. The molecule has 1 rings (SSSR count). The SMILES string of the molecule is CC(C)S(=O)(=O)CCOC(=O)c1cccc(N)c1Br. The van der Waals surface area contributed by atoms with Crippen LogP contribution in [-0.4, -0.2) is 32.0 Å². The Morgan fingerprint density at radius 2 is 2.05 bits per heavy atom. The average molecular weight is 350 g/mol.